The Hall–Kier alpha value is -1.46. The van der Waals surface area contributed by atoms with Gasteiger partial charge in [-0.05, 0) is 26.0 Å². The molecular formula is C13H17N3OS. The second kappa shape index (κ2) is 5.46. The second-order valence-electron chi connectivity index (χ2n) is 4.33. The number of pyridine rings is 1. The molecule has 0 aliphatic heterocycles. The lowest BCUT2D eigenvalue weighted by Crippen LogP contribution is -2.16. The molecule has 2 aromatic rings. The number of hydrogen-bond donors (Lipinski definition) is 1. The Morgan fingerprint density at radius 3 is 2.67 bits per heavy atom. The number of rotatable bonds is 4. The smallest absolute Gasteiger partial charge is 0.0931 e. The van der Waals surface area contributed by atoms with Gasteiger partial charge in [0.25, 0.3) is 0 Å². The molecule has 0 spiro atoms. The van der Waals surface area contributed by atoms with E-state index in [4.69, 9.17) is 0 Å². The molecule has 0 fully saturated rings. The van der Waals surface area contributed by atoms with E-state index in [0.29, 0.717) is 5.69 Å². The molecule has 1 atom stereocenters. The summed E-state index contributed by atoms with van der Waals surface area (Å²) in [6, 6.07) is 3.83. The highest BCUT2D eigenvalue weighted by molar-refractivity contribution is 7.09. The Morgan fingerprint density at radius 1 is 1.39 bits per heavy atom. The zero-order chi connectivity index (χ0) is 13.1. The molecule has 0 aliphatic rings. The van der Waals surface area contributed by atoms with Gasteiger partial charge in [0.2, 0.25) is 0 Å². The summed E-state index contributed by atoms with van der Waals surface area (Å²) in [5.74, 6) is 0. The first-order valence-electron chi connectivity index (χ1n) is 5.82. The molecule has 0 aliphatic carbocycles. The molecule has 0 amide bonds. The van der Waals surface area contributed by atoms with Crippen LogP contribution < -0.4 is 4.90 Å². The van der Waals surface area contributed by atoms with Crippen molar-refractivity contribution in [3.05, 3.63) is 40.1 Å². The third-order valence-corrected chi connectivity index (χ3v) is 3.79. The van der Waals surface area contributed by atoms with Gasteiger partial charge in [-0.1, -0.05) is 0 Å². The number of aryl methyl sites for hydroxylation is 1. The quantitative estimate of drug-likeness (QED) is 0.921. The highest BCUT2D eigenvalue weighted by atomic mass is 32.1. The first-order valence-corrected chi connectivity index (χ1v) is 6.70. The van der Waals surface area contributed by atoms with E-state index in [1.54, 1.807) is 24.5 Å². The number of nitrogens with zero attached hydrogens (tertiary/aromatic N) is 3. The van der Waals surface area contributed by atoms with Gasteiger partial charge in [-0.25, -0.2) is 4.98 Å². The van der Waals surface area contributed by atoms with E-state index < -0.39 is 6.10 Å². The van der Waals surface area contributed by atoms with E-state index in [0.717, 1.165) is 17.9 Å². The average molecular weight is 263 g/mol. The first kappa shape index (κ1) is 13.0. The Balaban J connectivity index is 2.09. The maximum Gasteiger partial charge on any atom is 0.0931 e. The molecule has 1 N–H and O–H groups in total. The molecule has 5 heteroatoms. The number of hydrogen-bond acceptors (Lipinski definition) is 5. The third-order valence-electron chi connectivity index (χ3n) is 2.87. The molecule has 0 saturated heterocycles. The molecule has 0 bridgehead atoms. The fourth-order valence-corrected chi connectivity index (χ4v) is 2.48. The zero-order valence-electron chi connectivity index (χ0n) is 10.8. The molecular weight excluding hydrogens is 246 g/mol. The minimum Gasteiger partial charge on any atom is -0.387 e. The number of thiazole rings is 1. The van der Waals surface area contributed by atoms with Crippen LogP contribution in [0.2, 0.25) is 0 Å². The molecule has 2 rings (SSSR count). The highest BCUT2D eigenvalue weighted by Gasteiger charge is 2.08. The number of aliphatic hydroxyl groups is 1. The Labute approximate surface area is 111 Å². The molecule has 0 unspecified atom stereocenters. The van der Waals surface area contributed by atoms with E-state index in [-0.39, 0.29) is 0 Å². The van der Waals surface area contributed by atoms with Crippen molar-refractivity contribution in [3.8, 4) is 0 Å². The van der Waals surface area contributed by atoms with E-state index in [9.17, 15) is 5.11 Å². The molecule has 4 nitrogen and oxygen atoms in total. The van der Waals surface area contributed by atoms with Crippen LogP contribution in [0.15, 0.2) is 23.8 Å². The Morgan fingerprint density at radius 2 is 2.17 bits per heavy atom. The van der Waals surface area contributed by atoms with Gasteiger partial charge in [0, 0.05) is 11.9 Å². The van der Waals surface area contributed by atoms with Crippen LogP contribution in [0.5, 0.6) is 0 Å². The van der Waals surface area contributed by atoms with Crippen molar-refractivity contribution in [2.75, 3.05) is 11.9 Å². The Bertz CT molecular complexity index is 507. The summed E-state index contributed by atoms with van der Waals surface area (Å²) in [5, 5.41) is 9.41. The fraction of sp³-hybridized carbons (Fsp3) is 0.385. The van der Waals surface area contributed by atoms with Crippen LogP contribution in [-0.2, 0) is 6.54 Å². The highest BCUT2D eigenvalue weighted by Crippen LogP contribution is 2.20. The lowest BCUT2D eigenvalue weighted by atomic mass is 10.2. The second-order valence-corrected chi connectivity index (χ2v) is 5.27. The lowest BCUT2D eigenvalue weighted by Gasteiger charge is -2.18. The predicted octanol–water partition coefficient (Wildman–Crippen LogP) is 2.54. The van der Waals surface area contributed by atoms with E-state index >= 15 is 0 Å². The summed E-state index contributed by atoms with van der Waals surface area (Å²) in [4.78, 5) is 11.9. The van der Waals surface area contributed by atoms with Crippen LogP contribution in [0, 0.1) is 6.92 Å². The maximum atomic E-state index is 9.41. The third kappa shape index (κ3) is 2.86. The van der Waals surface area contributed by atoms with E-state index in [2.05, 4.69) is 14.9 Å². The van der Waals surface area contributed by atoms with Crippen LogP contribution in [-0.4, -0.2) is 22.1 Å². The normalized spacial score (nSPS) is 12.4. The average Bonchev–Trinajstić information content (AvgIpc) is 2.75. The number of anilines is 1. The van der Waals surface area contributed by atoms with Gasteiger partial charge >= 0.3 is 0 Å². The van der Waals surface area contributed by atoms with Gasteiger partial charge in [-0.3, -0.25) is 4.98 Å². The van der Waals surface area contributed by atoms with Crippen molar-refractivity contribution >= 4 is 17.0 Å². The summed E-state index contributed by atoms with van der Waals surface area (Å²) in [6.45, 7) is 4.56. The molecule has 18 heavy (non-hydrogen) atoms. The van der Waals surface area contributed by atoms with Gasteiger partial charge in [-0.2, -0.15) is 0 Å². The van der Waals surface area contributed by atoms with E-state index in [1.807, 2.05) is 31.6 Å². The number of aliphatic hydroxyl groups excluding tert-OH is 1. The summed E-state index contributed by atoms with van der Waals surface area (Å²) >= 11 is 1.67. The first-order chi connectivity index (χ1) is 8.58. The summed E-state index contributed by atoms with van der Waals surface area (Å²) in [6.07, 6.45) is 1.27. The summed E-state index contributed by atoms with van der Waals surface area (Å²) in [5.41, 5.74) is 4.68. The molecule has 2 aromatic heterocycles. The van der Waals surface area contributed by atoms with Gasteiger partial charge in [0.15, 0.2) is 0 Å². The summed E-state index contributed by atoms with van der Waals surface area (Å²) < 4.78 is 0. The molecule has 2 heterocycles. The van der Waals surface area contributed by atoms with Gasteiger partial charge in [-0.15, -0.1) is 11.3 Å². The minimum absolute atomic E-state index is 0.520. The van der Waals surface area contributed by atoms with Crippen molar-refractivity contribution in [1.29, 1.82) is 0 Å². The zero-order valence-corrected chi connectivity index (χ0v) is 11.6. The van der Waals surface area contributed by atoms with Gasteiger partial charge in [0.1, 0.15) is 0 Å². The lowest BCUT2D eigenvalue weighted by molar-refractivity contribution is 0.194. The topological polar surface area (TPSA) is 49.2 Å². The van der Waals surface area contributed by atoms with E-state index in [1.165, 1.54) is 4.88 Å². The van der Waals surface area contributed by atoms with Crippen molar-refractivity contribution in [2.24, 2.45) is 0 Å². The predicted molar refractivity (Wildman–Crippen MR) is 73.8 cm³/mol. The van der Waals surface area contributed by atoms with Crippen LogP contribution in [0.25, 0.3) is 0 Å². The SMILES string of the molecule is Cc1ncsc1CN(C)c1ccc([C@H](C)O)nc1. The molecule has 0 saturated carbocycles. The van der Waals surface area contributed by atoms with Crippen molar-refractivity contribution < 1.29 is 5.11 Å². The molecule has 0 radical (unpaired) electrons. The van der Waals surface area contributed by atoms with Crippen LogP contribution >= 0.6 is 11.3 Å². The van der Waals surface area contributed by atoms with Crippen LogP contribution in [0.1, 0.15) is 29.3 Å². The largest absolute Gasteiger partial charge is 0.387 e. The van der Waals surface area contributed by atoms with Crippen LogP contribution in [0.3, 0.4) is 0 Å². The van der Waals surface area contributed by atoms with Gasteiger partial charge in [0.05, 0.1) is 41.4 Å². The standard InChI is InChI=1S/C13H17N3OS/c1-9-13(18-8-15-9)7-16(3)11-4-5-12(10(2)17)14-6-11/h4-6,8,10,17H,7H2,1-3H3/t10-/m0/s1. The molecule has 96 valence electrons. The van der Waals surface area contributed by atoms with Crippen molar-refractivity contribution in [1.82, 2.24) is 9.97 Å². The fourth-order valence-electron chi connectivity index (χ4n) is 1.66. The molecule has 0 aromatic carbocycles. The number of aromatic nitrogens is 2. The Kier molecular flexibility index (Phi) is 3.93. The minimum atomic E-state index is -0.520. The van der Waals surface area contributed by atoms with Crippen molar-refractivity contribution in [2.45, 2.75) is 26.5 Å². The van der Waals surface area contributed by atoms with Crippen LogP contribution in [0.4, 0.5) is 5.69 Å². The summed E-state index contributed by atoms with van der Waals surface area (Å²) in [7, 11) is 2.03. The van der Waals surface area contributed by atoms with Gasteiger partial charge < -0.3 is 10.0 Å². The monoisotopic (exact) mass is 263 g/mol. The van der Waals surface area contributed by atoms with Crippen molar-refractivity contribution in [3.63, 3.8) is 0 Å². The maximum absolute atomic E-state index is 9.41.